The van der Waals surface area contributed by atoms with Crippen LogP contribution in [0, 0.1) is 10.1 Å². The van der Waals surface area contributed by atoms with Gasteiger partial charge in [0.1, 0.15) is 17.5 Å². The van der Waals surface area contributed by atoms with E-state index in [9.17, 15) is 29.6 Å². The number of thioether (sulfide) groups is 1. The van der Waals surface area contributed by atoms with Gasteiger partial charge in [-0.05, 0) is 54.3 Å². The molecule has 11 heteroatoms. The molecule has 0 saturated carbocycles. The quantitative estimate of drug-likeness (QED) is 0.256. The third-order valence-corrected chi connectivity index (χ3v) is 5.10. The number of hydrogen-bond donors (Lipinski definition) is 3. The molecule has 0 aliphatic carbocycles. The van der Waals surface area contributed by atoms with E-state index in [0.29, 0.717) is 11.5 Å². The van der Waals surface area contributed by atoms with Gasteiger partial charge < -0.3 is 20.5 Å². The van der Waals surface area contributed by atoms with E-state index in [0.717, 1.165) is 0 Å². The Hall–Kier alpha value is -3.86. The van der Waals surface area contributed by atoms with Gasteiger partial charge in [-0.25, -0.2) is 4.79 Å². The molecule has 0 bridgehead atoms. The van der Waals surface area contributed by atoms with Crippen LogP contribution in [0.1, 0.15) is 22.3 Å². The van der Waals surface area contributed by atoms with Crippen LogP contribution in [0.4, 0.5) is 5.69 Å². The van der Waals surface area contributed by atoms with Crippen LogP contribution in [-0.4, -0.2) is 53.0 Å². The predicted molar refractivity (Wildman–Crippen MR) is 124 cm³/mol. The number of methoxy groups -OCH3 is 1. The van der Waals surface area contributed by atoms with Gasteiger partial charge in [0.05, 0.1) is 12.0 Å². The maximum Gasteiger partial charge on any atom is 0.326 e. The highest BCUT2D eigenvalue weighted by atomic mass is 32.2. The van der Waals surface area contributed by atoms with E-state index in [4.69, 9.17) is 4.74 Å². The Balaban J connectivity index is 2.36. The molecule has 0 radical (unpaired) electrons. The van der Waals surface area contributed by atoms with Crippen molar-refractivity contribution in [3.8, 4) is 5.75 Å². The summed E-state index contributed by atoms with van der Waals surface area (Å²) < 4.78 is 5.06. The first kappa shape index (κ1) is 25.4. The van der Waals surface area contributed by atoms with Gasteiger partial charge in [0.25, 0.3) is 17.5 Å². The van der Waals surface area contributed by atoms with Crippen LogP contribution < -0.4 is 15.4 Å². The first-order valence-corrected chi connectivity index (χ1v) is 11.1. The molecule has 2 aromatic rings. The number of nitrogens with zero attached hydrogens (tertiary/aromatic N) is 1. The molecule has 1 unspecified atom stereocenters. The molecule has 2 amide bonds. The third kappa shape index (κ3) is 7.65. The van der Waals surface area contributed by atoms with Crippen molar-refractivity contribution in [1.29, 1.82) is 0 Å². The molecule has 10 nitrogen and oxygen atoms in total. The van der Waals surface area contributed by atoms with E-state index in [1.54, 1.807) is 12.1 Å². The minimum atomic E-state index is -1.21. The molecule has 3 N–H and O–H groups in total. The number of hydrogen-bond acceptors (Lipinski definition) is 7. The summed E-state index contributed by atoms with van der Waals surface area (Å²) in [6.07, 6.45) is 3.24. The number of nitro groups is 1. The van der Waals surface area contributed by atoms with Crippen LogP contribution in [0.3, 0.4) is 0 Å². The maximum atomic E-state index is 12.9. The summed E-state index contributed by atoms with van der Waals surface area (Å²) in [5, 5.41) is 25.3. The number of carboxylic acid groups (broad SMARTS) is 1. The van der Waals surface area contributed by atoms with Crippen molar-refractivity contribution in [2.24, 2.45) is 0 Å². The van der Waals surface area contributed by atoms with Gasteiger partial charge in [-0.1, -0.05) is 12.1 Å². The molecule has 0 saturated heterocycles. The highest BCUT2D eigenvalue weighted by Crippen LogP contribution is 2.16. The minimum absolute atomic E-state index is 0.179. The molecule has 0 aliphatic heterocycles. The number of rotatable bonds is 11. The fraction of sp³-hybridized carbons (Fsp3) is 0.227. The Kier molecular flexibility index (Phi) is 9.43. The van der Waals surface area contributed by atoms with Crippen molar-refractivity contribution in [2.75, 3.05) is 19.1 Å². The van der Waals surface area contributed by atoms with E-state index < -0.39 is 28.7 Å². The lowest BCUT2D eigenvalue weighted by Crippen LogP contribution is -2.44. The molecule has 1 atom stereocenters. The van der Waals surface area contributed by atoms with Gasteiger partial charge in [-0.2, -0.15) is 11.8 Å². The molecule has 0 heterocycles. The van der Waals surface area contributed by atoms with Crippen molar-refractivity contribution in [3.63, 3.8) is 0 Å². The van der Waals surface area contributed by atoms with Gasteiger partial charge in [-0.3, -0.25) is 19.7 Å². The standard InChI is InChI=1S/C22H23N3O7S/c1-32-17-8-6-15(7-9-17)20(26)24-19(13-14-4-3-5-16(12-14)25(30)31)21(27)23-18(22(28)29)10-11-33-2/h3-9,12-13,18H,10-11H2,1-2H3,(H,23,27)(H,24,26)(H,28,29)/b19-13-. The zero-order valence-electron chi connectivity index (χ0n) is 17.9. The Bertz CT molecular complexity index is 1050. The summed E-state index contributed by atoms with van der Waals surface area (Å²) in [6.45, 7) is 0. The smallest absolute Gasteiger partial charge is 0.326 e. The topological polar surface area (TPSA) is 148 Å². The maximum absolute atomic E-state index is 12.9. The summed E-state index contributed by atoms with van der Waals surface area (Å²) in [7, 11) is 1.48. The number of nitro benzene ring substituents is 1. The molecule has 0 spiro atoms. The lowest BCUT2D eigenvalue weighted by Gasteiger charge is -2.16. The number of nitrogens with one attached hydrogen (secondary N) is 2. The lowest BCUT2D eigenvalue weighted by atomic mass is 10.1. The Morgan fingerprint density at radius 2 is 1.91 bits per heavy atom. The number of carbonyl (C=O) groups excluding carboxylic acids is 2. The fourth-order valence-electron chi connectivity index (χ4n) is 2.72. The van der Waals surface area contributed by atoms with Crippen LogP contribution in [0.15, 0.2) is 54.2 Å². The second-order valence-corrected chi connectivity index (χ2v) is 7.72. The summed E-state index contributed by atoms with van der Waals surface area (Å²) in [4.78, 5) is 47.6. The average Bonchev–Trinajstić information content (AvgIpc) is 2.81. The number of carboxylic acids is 1. The molecule has 2 rings (SSSR count). The lowest BCUT2D eigenvalue weighted by molar-refractivity contribution is -0.384. The second kappa shape index (κ2) is 12.2. The van der Waals surface area contributed by atoms with Crippen LogP contribution in [0.25, 0.3) is 6.08 Å². The zero-order valence-corrected chi connectivity index (χ0v) is 18.8. The van der Waals surface area contributed by atoms with E-state index in [2.05, 4.69) is 10.6 Å². The highest BCUT2D eigenvalue weighted by Gasteiger charge is 2.23. The molecule has 174 valence electrons. The van der Waals surface area contributed by atoms with Crippen LogP contribution >= 0.6 is 11.8 Å². The molecular weight excluding hydrogens is 450 g/mol. The average molecular weight is 474 g/mol. The number of non-ortho nitro benzene ring substituents is 1. The number of amides is 2. The first-order valence-electron chi connectivity index (χ1n) is 9.69. The molecule has 0 aromatic heterocycles. The van der Waals surface area contributed by atoms with Crippen molar-refractivity contribution in [3.05, 3.63) is 75.5 Å². The van der Waals surface area contributed by atoms with Gasteiger partial charge >= 0.3 is 5.97 Å². The van der Waals surface area contributed by atoms with Crippen molar-refractivity contribution < 1.29 is 29.2 Å². The summed E-state index contributed by atoms with van der Waals surface area (Å²) in [5.74, 6) is -1.64. The van der Waals surface area contributed by atoms with E-state index in [1.165, 1.54) is 61.3 Å². The van der Waals surface area contributed by atoms with Gasteiger partial charge in [0.2, 0.25) is 0 Å². The fourth-order valence-corrected chi connectivity index (χ4v) is 3.19. The normalized spacial score (nSPS) is 11.9. The van der Waals surface area contributed by atoms with E-state index in [-0.39, 0.29) is 28.9 Å². The summed E-state index contributed by atoms with van der Waals surface area (Å²) in [6, 6.07) is 10.4. The Labute approximate surface area is 194 Å². The summed E-state index contributed by atoms with van der Waals surface area (Å²) >= 11 is 1.43. The number of carbonyl (C=O) groups is 3. The first-order chi connectivity index (χ1) is 15.7. The minimum Gasteiger partial charge on any atom is -0.497 e. The number of ether oxygens (including phenoxy) is 1. The second-order valence-electron chi connectivity index (χ2n) is 6.74. The van der Waals surface area contributed by atoms with Crippen molar-refractivity contribution >= 4 is 41.3 Å². The van der Waals surface area contributed by atoms with Crippen molar-refractivity contribution in [2.45, 2.75) is 12.5 Å². The zero-order chi connectivity index (χ0) is 24.4. The predicted octanol–water partition coefficient (Wildman–Crippen LogP) is 2.70. The number of benzene rings is 2. The van der Waals surface area contributed by atoms with Gasteiger partial charge in [0.15, 0.2) is 0 Å². The third-order valence-electron chi connectivity index (χ3n) is 4.45. The molecule has 0 fully saturated rings. The van der Waals surface area contributed by atoms with Gasteiger partial charge in [0, 0.05) is 17.7 Å². The van der Waals surface area contributed by atoms with Crippen LogP contribution in [0.2, 0.25) is 0 Å². The number of aliphatic carboxylic acids is 1. The highest BCUT2D eigenvalue weighted by molar-refractivity contribution is 7.98. The SMILES string of the molecule is COc1ccc(C(=O)N/C(=C\c2cccc([N+](=O)[O-])c2)C(=O)NC(CCSC)C(=O)O)cc1. The molecule has 0 aliphatic rings. The Morgan fingerprint density at radius 1 is 1.21 bits per heavy atom. The summed E-state index contributed by atoms with van der Waals surface area (Å²) in [5.41, 5.74) is 0.0474. The van der Waals surface area contributed by atoms with E-state index >= 15 is 0 Å². The van der Waals surface area contributed by atoms with Gasteiger partial charge in [-0.15, -0.1) is 0 Å². The molecule has 2 aromatic carbocycles. The largest absolute Gasteiger partial charge is 0.497 e. The molecule has 33 heavy (non-hydrogen) atoms. The van der Waals surface area contributed by atoms with Crippen LogP contribution in [-0.2, 0) is 9.59 Å². The van der Waals surface area contributed by atoms with Crippen molar-refractivity contribution in [1.82, 2.24) is 10.6 Å². The van der Waals surface area contributed by atoms with E-state index in [1.807, 2.05) is 6.26 Å². The molecular formula is C22H23N3O7S. The monoisotopic (exact) mass is 473 g/mol. The van der Waals surface area contributed by atoms with Crippen LogP contribution in [0.5, 0.6) is 5.75 Å². The Morgan fingerprint density at radius 3 is 2.48 bits per heavy atom.